The standard InChI is InChI=1S/C20H17ClN2O6S/c1-3-28-20(25)19-17(29-30(26,27)16-10-6-14(21)7-11-16)12-18(24)23(22-19)15-8-4-13(2)5-9-15/h4-12H,3H2,1-2H3. The number of nitrogens with zero attached hydrogens (tertiary/aromatic N) is 2. The molecule has 0 N–H and O–H groups in total. The van der Waals surface area contributed by atoms with Crippen LogP contribution in [-0.2, 0) is 14.9 Å². The predicted molar refractivity (Wildman–Crippen MR) is 110 cm³/mol. The van der Waals surface area contributed by atoms with E-state index in [0.29, 0.717) is 10.7 Å². The molecule has 3 aromatic rings. The van der Waals surface area contributed by atoms with Crippen LogP contribution < -0.4 is 9.74 Å². The number of aryl methyl sites for hydroxylation is 1. The van der Waals surface area contributed by atoms with Crippen molar-refractivity contribution in [2.75, 3.05) is 6.61 Å². The van der Waals surface area contributed by atoms with Gasteiger partial charge in [0.25, 0.3) is 5.56 Å². The lowest BCUT2D eigenvalue weighted by molar-refractivity contribution is 0.0515. The summed E-state index contributed by atoms with van der Waals surface area (Å²) in [7, 11) is -4.36. The van der Waals surface area contributed by atoms with Crippen LogP contribution in [0.25, 0.3) is 5.69 Å². The predicted octanol–water partition coefficient (Wildman–Crippen LogP) is 3.14. The Bertz CT molecular complexity index is 1240. The lowest BCUT2D eigenvalue weighted by Gasteiger charge is -2.12. The van der Waals surface area contributed by atoms with Crippen LogP contribution in [0.15, 0.2) is 64.3 Å². The normalized spacial score (nSPS) is 11.2. The second kappa shape index (κ2) is 8.68. The molecule has 0 radical (unpaired) electrons. The molecule has 0 saturated carbocycles. The number of aromatic nitrogens is 2. The minimum atomic E-state index is -4.36. The number of esters is 1. The smallest absolute Gasteiger partial charge is 0.362 e. The summed E-state index contributed by atoms with van der Waals surface area (Å²) in [6.07, 6.45) is 0. The van der Waals surface area contributed by atoms with Gasteiger partial charge in [0, 0.05) is 5.02 Å². The number of ether oxygens (including phenoxy) is 1. The van der Waals surface area contributed by atoms with Crippen molar-refractivity contribution in [3.63, 3.8) is 0 Å². The molecule has 0 aliphatic heterocycles. The molecule has 10 heteroatoms. The zero-order chi connectivity index (χ0) is 21.9. The van der Waals surface area contributed by atoms with Crippen LogP contribution in [0.5, 0.6) is 5.75 Å². The quantitative estimate of drug-likeness (QED) is 0.421. The van der Waals surface area contributed by atoms with E-state index in [9.17, 15) is 18.0 Å². The molecule has 2 aromatic carbocycles. The van der Waals surface area contributed by atoms with E-state index >= 15 is 0 Å². The van der Waals surface area contributed by atoms with Gasteiger partial charge in [-0.3, -0.25) is 4.79 Å². The van der Waals surface area contributed by atoms with E-state index in [1.54, 1.807) is 31.2 Å². The molecule has 0 amide bonds. The Morgan fingerprint density at radius 2 is 1.73 bits per heavy atom. The van der Waals surface area contributed by atoms with Crippen molar-refractivity contribution in [1.29, 1.82) is 0 Å². The molecule has 0 aliphatic rings. The van der Waals surface area contributed by atoms with E-state index < -0.39 is 33.1 Å². The van der Waals surface area contributed by atoms with E-state index in [1.807, 2.05) is 6.92 Å². The Morgan fingerprint density at radius 3 is 2.33 bits per heavy atom. The summed E-state index contributed by atoms with van der Waals surface area (Å²) in [6.45, 7) is 3.48. The Morgan fingerprint density at radius 1 is 1.10 bits per heavy atom. The van der Waals surface area contributed by atoms with Gasteiger partial charge >= 0.3 is 16.1 Å². The Hall–Kier alpha value is -3.17. The Kier molecular flexibility index (Phi) is 6.23. The monoisotopic (exact) mass is 448 g/mol. The van der Waals surface area contributed by atoms with Gasteiger partial charge in [0.1, 0.15) is 4.90 Å². The van der Waals surface area contributed by atoms with Crippen molar-refractivity contribution in [2.24, 2.45) is 0 Å². The van der Waals surface area contributed by atoms with Crippen LogP contribution in [0, 0.1) is 6.92 Å². The second-order valence-corrected chi connectivity index (χ2v) is 8.14. The molecule has 0 fully saturated rings. The number of carbonyl (C=O) groups excluding carboxylic acids is 1. The number of hydrogen-bond donors (Lipinski definition) is 0. The van der Waals surface area contributed by atoms with Gasteiger partial charge in [-0.25, -0.2) is 4.79 Å². The van der Waals surface area contributed by atoms with Crippen molar-refractivity contribution in [2.45, 2.75) is 18.7 Å². The lowest BCUT2D eigenvalue weighted by atomic mass is 10.2. The number of rotatable bonds is 6. The molecule has 0 atom stereocenters. The molecular formula is C20H17ClN2O6S. The first kappa shape index (κ1) is 21.5. The van der Waals surface area contributed by atoms with Crippen molar-refractivity contribution in [3.05, 3.63) is 81.2 Å². The highest BCUT2D eigenvalue weighted by molar-refractivity contribution is 7.87. The van der Waals surface area contributed by atoms with Gasteiger partial charge in [-0.1, -0.05) is 29.3 Å². The molecule has 8 nitrogen and oxygen atoms in total. The van der Waals surface area contributed by atoms with E-state index in [4.69, 9.17) is 20.5 Å². The van der Waals surface area contributed by atoms with Crippen molar-refractivity contribution < 1.29 is 22.1 Å². The lowest BCUT2D eigenvalue weighted by Crippen LogP contribution is -2.26. The molecular weight excluding hydrogens is 432 g/mol. The zero-order valence-electron chi connectivity index (χ0n) is 16.0. The van der Waals surface area contributed by atoms with Crippen LogP contribution in [-0.4, -0.2) is 30.8 Å². The van der Waals surface area contributed by atoms with Gasteiger partial charge in [0.2, 0.25) is 5.69 Å². The fourth-order valence-electron chi connectivity index (χ4n) is 2.48. The summed E-state index contributed by atoms with van der Waals surface area (Å²) in [5.41, 5.74) is 0.220. The van der Waals surface area contributed by atoms with Crippen LogP contribution in [0.2, 0.25) is 5.02 Å². The van der Waals surface area contributed by atoms with Crippen LogP contribution in [0.3, 0.4) is 0 Å². The van der Waals surface area contributed by atoms with Gasteiger partial charge in [-0.15, -0.1) is 0 Å². The van der Waals surface area contributed by atoms with E-state index in [1.165, 1.54) is 24.3 Å². The molecule has 156 valence electrons. The SMILES string of the molecule is CCOC(=O)c1nn(-c2ccc(C)cc2)c(=O)cc1OS(=O)(=O)c1ccc(Cl)cc1. The summed E-state index contributed by atoms with van der Waals surface area (Å²) >= 11 is 5.78. The Balaban J connectivity index is 2.10. The average Bonchev–Trinajstić information content (AvgIpc) is 2.69. The van der Waals surface area contributed by atoms with Crippen LogP contribution >= 0.6 is 11.6 Å². The fourth-order valence-corrected chi connectivity index (χ4v) is 3.54. The third-order valence-electron chi connectivity index (χ3n) is 3.95. The first-order valence-electron chi connectivity index (χ1n) is 8.80. The number of benzene rings is 2. The second-order valence-electron chi connectivity index (χ2n) is 6.15. The molecule has 1 heterocycles. The van der Waals surface area contributed by atoms with E-state index in [2.05, 4.69) is 5.10 Å². The van der Waals surface area contributed by atoms with Gasteiger partial charge < -0.3 is 8.92 Å². The first-order chi connectivity index (χ1) is 14.2. The molecule has 3 rings (SSSR count). The maximum Gasteiger partial charge on any atom is 0.362 e. The van der Waals surface area contributed by atoms with Gasteiger partial charge in [-0.2, -0.15) is 18.2 Å². The van der Waals surface area contributed by atoms with Crippen LogP contribution in [0.1, 0.15) is 23.0 Å². The minimum Gasteiger partial charge on any atom is -0.461 e. The minimum absolute atomic E-state index is 0.0214. The maximum atomic E-state index is 12.6. The number of halogens is 1. The molecule has 30 heavy (non-hydrogen) atoms. The Labute approximate surface area is 177 Å². The summed E-state index contributed by atoms with van der Waals surface area (Å²) in [5.74, 6) is -1.46. The average molecular weight is 449 g/mol. The van der Waals surface area contributed by atoms with Crippen molar-refractivity contribution in [1.82, 2.24) is 9.78 Å². The van der Waals surface area contributed by atoms with E-state index in [-0.39, 0.29) is 11.5 Å². The summed E-state index contributed by atoms with van der Waals surface area (Å²) in [6, 6.07) is 12.9. The maximum absolute atomic E-state index is 12.6. The first-order valence-corrected chi connectivity index (χ1v) is 10.6. The van der Waals surface area contributed by atoms with Crippen molar-refractivity contribution in [3.8, 4) is 11.4 Å². The van der Waals surface area contributed by atoms with Gasteiger partial charge in [0.15, 0.2) is 5.75 Å². The van der Waals surface area contributed by atoms with Crippen LogP contribution in [0.4, 0.5) is 0 Å². The molecule has 0 aliphatic carbocycles. The fraction of sp³-hybridized carbons (Fsp3) is 0.150. The molecule has 0 bridgehead atoms. The molecule has 0 spiro atoms. The highest BCUT2D eigenvalue weighted by atomic mass is 35.5. The van der Waals surface area contributed by atoms with Crippen molar-refractivity contribution >= 4 is 27.7 Å². The zero-order valence-corrected chi connectivity index (χ0v) is 17.6. The topological polar surface area (TPSA) is 105 Å². The number of carbonyl (C=O) groups is 1. The van der Waals surface area contributed by atoms with E-state index in [0.717, 1.165) is 16.3 Å². The van der Waals surface area contributed by atoms with Gasteiger partial charge in [0.05, 0.1) is 18.4 Å². The van der Waals surface area contributed by atoms with Gasteiger partial charge in [-0.05, 0) is 50.2 Å². The largest absolute Gasteiger partial charge is 0.461 e. The number of hydrogen-bond acceptors (Lipinski definition) is 7. The summed E-state index contributed by atoms with van der Waals surface area (Å²) < 4.78 is 36.2. The summed E-state index contributed by atoms with van der Waals surface area (Å²) in [4.78, 5) is 24.8. The molecule has 1 aromatic heterocycles. The molecule has 0 saturated heterocycles. The third kappa shape index (κ3) is 4.69. The highest BCUT2D eigenvalue weighted by Gasteiger charge is 2.25. The third-order valence-corrected chi connectivity index (χ3v) is 5.45. The highest BCUT2D eigenvalue weighted by Crippen LogP contribution is 2.23. The summed E-state index contributed by atoms with van der Waals surface area (Å²) in [5, 5.41) is 4.34. The molecule has 0 unspecified atom stereocenters.